The van der Waals surface area contributed by atoms with Crippen LogP contribution in [0.4, 0.5) is 15.8 Å². The van der Waals surface area contributed by atoms with Gasteiger partial charge >= 0.3 is 0 Å². The number of carbonyl (C=O) groups is 2. The molecule has 0 aromatic heterocycles. The van der Waals surface area contributed by atoms with E-state index in [4.69, 9.17) is 9.47 Å². The highest BCUT2D eigenvalue weighted by molar-refractivity contribution is 5.99. The number of nitrogens with zero attached hydrogens (tertiary/aromatic N) is 4. The standard InChI is InChI=1S/C41H47FN4O4/c1-3-44(38-17-12-33-28-32(31(2)47)10-11-34(33)29-38)24-25-45-30-46(37-8-5-4-6-9-37)40(39(45)48)19-22-43(23-20-40)21-7-18-41(49-26-27-50-41)35-13-15-36(42)16-14-35/h4-6,8-17,28-29H,3,7,18-27,30H2,1-2H3. The average molecular weight is 679 g/mol. The zero-order valence-corrected chi connectivity index (χ0v) is 29.2. The normalized spacial score (nSPS) is 18.7. The molecule has 3 heterocycles. The topological polar surface area (TPSA) is 65.6 Å². The van der Waals surface area contributed by atoms with Crippen LogP contribution in [0.15, 0.2) is 91.0 Å². The number of piperidine rings is 1. The van der Waals surface area contributed by atoms with E-state index >= 15 is 0 Å². The molecule has 0 bridgehead atoms. The Morgan fingerprint density at radius 3 is 2.28 bits per heavy atom. The Morgan fingerprint density at radius 1 is 0.880 bits per heavy atom. The van der Waals surface area contributed by atoms with Crippen molar-refractivity contribution in [3.63, 3.8) is 0 Å². The molecule has 0 saturated carbocycles. The summed E-state index contributed by atoms with van der Waals surface area (Å²) in [7, 11) is 0. The molecule has 4 aromatic rings. The Kier molecular flexibility index (Phi) is 9.91. The van der Waals surface area contributed by atoms with Gasteiger partial charge in [0.15, 0.2) is 11.6 Å². The van der Waals surface area contributed by atoms with E-state index in [1.54, 1.807) is 19.1 Å². The number of hydrogen-bond donors (Lipinski definition) is 0. The molecule has 50 heavy (non-hydrogen) atoms. The van der Waals surface area contributed by atoms with Crippen molar-refractivity contribution in [3.05, 3.63) is 108 Å². The van der Waals surface area contributed by atoms with Gasteiger partial charge in [0.2, 0.25) is 5.91 Å². The minimum atomic E-state index is -0.824. The zero-order valence-electron chi connectivity index (χ0n) is 29.2. The van der Waals surface area contributed by atoms with Crippen molar-refractivity contribution in [2.24, 2.45) is 0 Å². The first-order chi connectivity index (χ1) is 24.3. The molecule has 3 fully saturated rings. The Balaban J connectivity index is 1.01. The third-order valence-corrected chi connectivity index (χ3v) is 10.9. The van der Waals surface area contributed by atoms with Gasteiger partial charge in [0.25, 0.3) is 0 Å². The van der Waals surface area contributed by atoms with Crippen molar-refractivity contribution in [3.8, 4) is 0 Å². The molecule has 0 unspecified atom stereocenters. The van der Waals surface area contributed by atoms with Gasteiger partial charge in [-0.25, -0.2) is 4.39 Å². The monoisotopic (exact) mass is 678 g/mol. The van der Waals surface area contributed by atoms with Crippen LogP contribution < -0.4 is 9.80 Å². The summed E-state index contributed by atoms with van der Waals surface area (Å²) in [6, 6.07) is 29.0. The molecule has 3 aliphatic heterocycles. The smallest absolute Gasteiger partial charge is 0.250 e. The first-order valence-corrected chi connectivity index (χ1v) is 18.0. The third-order valence-electron chi connectivity index (χ3n) is 10.9. The second-order valence-electron chi connectivity index (χ2n) is 13.8. The number of fused-ring (bicyclic) bond motifs is 1. The Bertz CT molecular complexity index is 1800. The van der Waals surface area contributed by atoms with E-state index in [0.29, 0.717) is 32.8 Å². The summed E-state index contributed by atoms with van der Waals surface area (Å²) in [5.74, 6) is -0.812. The van der Waals surface area contributed by atoms with Gasteiger partial charge in [0.05, 0.1) is 19.9 Å². The lowest BCUT2D eigenvalue weighted by molar-refractivity contribution is -0.172. The van der Waals surface area contributed by atoms with Gasteiger partial charge in [-0.2, -0.15) is 0 Å². The lowest BCUT2D eigenvalue weighted by Crippen LogP contribution is -2.56. The number of rotatable bonds is 12. The number of likely N-dealkylation sites (tertiary alicyclic amines) is 1. The van der Waals surface area contributed by atoms with Crippen LogP contribution in [0, 0.1) is 5.82 Å². The summed E-state index contributed by atoms with van der Waals surface area (Å²) < 4.78 is 25.8. The summed E-state index contributed by atoms with van der Waals surface area (Å²) in [5.41, 5.74) is 3.20. The second-order valence-corrected chi connectivity index (χ2v) is 13.8. The highest BCUT2D eigenvalue weighted by atomic mass is 19.1. The van der Waals surface area contributed by atoms with Crippen LogP contribution in [0.25, 0.3) is 10.8 Å². The molecule has 0 aliphatic carbocycles. The Hall–Kier alpha value is -4.31. The molecule has 9 heteroatoms. The average Bonchev–Trinajstić information content (AvgIpc) is 3.73. The molecular formula is C41H47FN4O4. The highest BCUT2D eigenvalue weighted by Crippen LogP contribution is 2.40. The maximum Gasteiger partial charge on any atom is 0.250 e. The van der Waals surface area contributed by atoms with Gasteiger partial charge in [0, 0.05) is 61.6 Å². The van der Waals surface area contributed by atoms with E-state index in [0.717, 1.165) is 85.3 Å². The van der Waals surface area contributed by atoms with Crippen molar-refractivity contribution in [1.82, 2.24) is 9.80 Å². The molecule has 0 N–H and O–H groups in total. The van der Waals surface area contributed by atoms with Gasteiger partial charge in [0.1, 0.15) is 11.4 Å². The van der Waals surface area contributed by atoms with Gasteiger partial charge in [-0.05, 0) is 92.9 Å². The van der Waals surface area contributed by atoms with Crippen molar-refractivity contribution >= 4 is 33.8 Å². The fraction of sp³-hybridized carbons (Fsp3) is 0.415. The molecule has 1 amide bonds. The first-order valence-electron chi connectivity index (χ1n) is 18.0. The minimum Gasteiger partial charge on any atom is -0.370 e. The molecule has 262 valence electrons. The number of ether oxygens (including phenoxy) is 2. The van der Waals surface area contributed by atoms with E-state index in [2.05, 4.69) is 52.0 Å². The van der Waals surface area contributed by atoms with E-state index < -0.39 is 11.3 Å². The molecule has 1 spiro atoms. The number of para-hydroxylation sites is 1. The van der Waals surface area contributed by atoms with Gasteiger partial charge < -0.3 is 29.1 Å². The van der Waals surface area contributed by atoms with Crippen LogP contribution in [-0.2, 0) is 20.1 Å². The number of hydrogen-bond acceptors (Lipinski definition) is 7. The lowest BCUT2D eigenvalue weighted by Gasteiger charge is -2.43. The Labute approximate surface area is 294 Å². The van der Waals surface area contributed by atoms with Crippen LogP contribution in [-0.4, -0.2) is 86.2 Å². The molecule has 3 saturated heterocycles. The molecule has 0 radical (unpaired) electrons. The van der Waals surface area contributed by atoms with Crippen molar-refractivity contribution in [2.45, 2.75) is 50.9 Å². The van der Waals surface area contributed by atoms with Crippen LogP contribution in [0.5, 0.6) is 0 Å². The van der Waals surface area contributed by atoms with Crippen molar-refractivity contribution in [1.29, 1.82) is 0 Å². The zero-order chi connectivity index (χ0) is 34.7. The van der Waals surface area contributed by atoms with Crippen LogP contribution >= 0.6 is 0 Å². The second kappa shape index (κ2) is 14.5. The SMILES string of the molecule is CCN(CCN1CN(c2ccccc2)C2(CCN(CCCC3(c4ccc(F)cc4)OCCO3)CC2)C1=O)c1ccc2cc(C(C)=O)ccc2c1. The van der Waals surface area contributed by atoms with Crippen LogP contribution in [0.2, 0.25) is 0 Å². The van der Waals surface area contributed by atoms with Crippen LogP contribution in [0.1, 0.15) is 55.5 Å². The van der Waals surface area contributed by atoms with Crippen molar-refractivity contribution in [2.75, 3.05) is 69.0 Å². The predicted octanol–water partition coefficient (Wildman–Crippen LogP) is 6.83. The fourth-order valence-corrected chi connectivity index (χ4v) is 8.03. The first kappa shape index (κ1) is 34.2. The van der Waals surface area contributed by atoms with Gasteiger partial charge in [-0.3, -0.25) is 9.59 Å². The van der Waals surface area contributed by atoms with Crippen molar-refractivity contribution < 1.29 is 23.5 Å². The minimum absolute atomic E-state index is 0.0652. The largest absolute Gasteiger partial charge is 0.370 e. The van der Waals surface area contributed by atoms with E-state index in [1.165, 1.54) is 12.1 Å². The molecule has 3 aliphatic rings. The highest BCUT2D eigenvalue weighted by Gasteiger charge is 2.53. The van der Waals surface area contributed by atoms with E-state index in [1.807, 2.05) is 41.3 Å². The summed E-state index contributed by atoms with van der Waals surface area (Å²) in [6.45, 7) is 10.1. The maximum absolute atomic E-state index is 14.4. The third kappa shape index (κ3) is 6.74. The Morgan fingerprint density at radius 2 is 1.58 bits per heavy atom. The lowest BCUT2D eigenvalue weighted by atomic mass is 9.85. The predicted molar refractivity (Wildman–Crippen MR) is 195 cm³/mol. The quantitative estimate of drug-likeness (QED) is 0.152. The number of benzene rings is 4. The number of anilines is 2. The van der Waals surface area contributed by atoms with Gasteiger partial charge in [-0.1, -0.05) is 48.5 Å². The van der Waals surface area contributed by atoms with Gasteiger partial charge in [-0.15, -0.1) is 0 Å². The van der Waals surface area contributed by atoms with E-state index in [-0.39, 0.29) is 17.5 Å². The number of likely N-dealkylation sites (N-methyl/N-ethyl adjacent to an activating group) is 1. The summed E-state index contributed by atoms with van der Waals surface area (Å²) in [4.78, 5) is 35.5. The maximum atomic E-state index is 14.4. The molecule has 0 atom stereocenters. The molecule has 4 aromatic carbocycles. The molecule has 7 rings (SSSR count). The summed E-state index contributed by atoms with van der Waals surface area (Å²) in [5, 5.41) is 2.14. The summed E-state index contributed by atoms with van der Waals surface area (Å²) >= 11 is 0. The number of carbonyl (C=O) groups excluding carboxylic acids is 2. The van der Waals surface area contributed by atoms with E-state index in [9.17, 15) is 14.0 Å². The van der Waals surface area contributed by atoms with Crippen LogP contribution in [0.3, 0.4) is 0 Å². The number of Topliss-reactive ketones (excluding diaryl/α,β-unsaturated/α-hetero) is 1. The molecular weight excluding hydrogens is 631 g/mol. The number of amides is 1. The number of halogens is 1. The fourth-order valence-electron chi connectivity index (χ4n) is 8.03. The summed E-state index contributed by atoms with van der Waals surface area (Å²) in [6.07, 6.45) is 3.08. The molecule has 8 nitrogen and oxygen atoms in total. The number of ketones is 1.